The molecule has 3 atom stereocenters. The van der Waals surface area contributed by atoms with Crippen LogP contribution in [0.1, 0.15) is 52.4 Å². The molecule has 1 N–H and O–H groups in total. The molecule has 2 heteroatoms. The van der Waals surface area contributed by atoms with Crippen LogP contribution in [-0.4, -0.2) is 16.7 Å². The summed E-state index contributed by atoms with van der Waals surface area (Å²) in [5.41, 5.74) is 0. The quantitative estimate of drug-likeness (QED) is 0.716. The first kappa shape index (κ1) is 10.8. The average molecular weight is 213 g/mol. The van der Waals surface area contributed by atoms with E-state index >= 15 is 0 Å². The maximum absolute atomic E-state index is 3.82. The number of rotatable bonds is 1. The number of hydrogen-bond acceptors (Lipinski definition) is 2. The van der Waals surface area contributed by atoms with Crippen molar-refractivity contribution < 1.29 is 0 Å². The van der Waals surface area contributed by atoms with Crippen molar-refractivity contribution in [1.29, 1.82) is 0 Å². The second kappa shape index (κ2) is 4.44. The smallest absolute Gasteiger partial charge is 0.0648 e. The normalized spacial score (nSPS) is 44.1. The Labute approximate surface area is 92.4 Å². The maximum Gasteiger partial charge on any atom is 0.0648 e. The Morgan fingerprint density at radius 2 is 2.21 bits per heavy atom. The van der Waals surface area contributed by atoms with E-state index in [1.165, 1.54) is 44.3 Å². The van der Waals surface area contributed by atoms with Gasteiger partial charge in [-0.3, -0.25) is 5.32 Å². The van der Waals surface area contributed by atoms with Crippen LogP contribution in [0.2, 0.25) is 0 Å². The minimum Gasteiger partial charge on any atom is -0.299 e. The molecule has 0 aromatic rings. The van der Waals surface area contributed by atoms with Crippen LogP contribution in [0.4, 0.5) is 0 Å². The van der Waals surface area contributed by atoms with E-state index in [-0.39, 0.29) is 0 Å². The van der Waals surface area contributed by atoms with Crippen LogP contribution in [0.3, 0.4) is 0 Å². The van der Waals surface area contributed by atoms with E-state index in [9.17, 15) is 0 Å². The molecule has 3 unspecified atom stereocenters. The van der Waals surface area contributed by atoms with E-state index in [0.29, 0.717) is 4.87 Å². The van der Waals surface area contributed by atoms with Gasteiger partial charge in [-0.15, -0.1) is 11.8 Å². The van der Waals surface area contributed by atoms with Crippen LogP contribution in [0.15, 0.2) is 0 Å². The first-order chi connectivity index (χ1) is 6.74. The van der Waals surface area contributed by atoms with Gasteiger partial charge in [0, 0.05) is 11.8 Å². The maximum atomic E-state index is 3.82. The lowest BCUT2D eigenvalue weighted by Crippen LogP contribution is -2.40. The molecule has 0 bridgehead atoms. The highest BCUT2D eigenvalue weighted by Crippen LogP contribution is 2.42. The average Bonchev–Trinajstić information content (AvgIpc) is 2.44. The lowest BCUT2D eigenvalue weighted by atomic mass is 9.97. The summed E-state index contributed by atoms with van der Waals surface area (Å²) in [5, 5.41) is 3.82. The van der Waals surface area contributed by atoms with Gasteiger partial charge in [-0.2, -0.15) is 0 Å². The zero-order chi connectivity index (χ0) is 10.0. The van der Waals surface area contributed by atoms with Crippen molar-refractivity contribution in [3.8, 4) is 0 Å². The third kappa shape index (κ3) is 2.27. The van der Waals surface area contributed by atoms with Gasteiger partial charge in [0.1, 0.15) is 0 Å². The summed E-state index contributed by atoms with van der Waals surface area (Å²) < 4.78 is 0. The monoisotopic (exact) mass is 213 g/mol. The van der Waals surface area contributed by atoms with Crippen molar-refractivity contribution in [2.75, 3.05) is 5.75 Å². The van der Waals surface area contributed by atoms with Crippen LogP contribution in [0.25, 0.3) is 0 Å². The van der Waals surface area contributed by atoms with Crippen molar-refractivity contribution in [1.82, 2.24) is 5.32 Å². The van der Waals surface area contributed by atoms with Crippen molar-refractivity contribution in [3.63, 3.8) is 0 Å². The number of thioether (sulfide) groups is 1. The zero-order valence-electron chi connectivity index (χ0n) is 9.51. The summed E-state index contributed by atoms with van der Waals surface area (Å²) in [6.45, 7) is 4.67. The summed E-state index contributed by atoms with van der Waals surface area (Å²) >= 11 is 2.19. The lowest BCUT2D eigenvalue weighted by molar-refractivity contribution is 0.393. The fourth-order valence-corrected chi connectivity index (χ4v) is 4.38. The first-order valence-corrected chi connectivity index (χ1v) is 7.14. The van der Waals surface area contributed by atoms with Gasteiger partial charge < -0.3 is 0 Å². The predicted molar refractivity (Wildman–Crippen MR) is 64.7 cm³/mol. The SMILES string of the molecule is CCC1CCCC2(CC1)NC(C)CS2. The second-order valence-corrected chi connectivity index (χ2v) is 6.46. The summed E-state index contributed by atoms with van der Waals surface area (Å²) in [5.74, 6) is 2.32. The largest absolute Gasteiger partial charge is 0.299 e. The Morgan fingerprint density at radius 1 is 1.36 bits per heavy atom. The highest BCUT2D eigenvalue weighted by molar-refractivity contribution is 8.00. The third-order valence-corrected chi connectivity index (χ3v) is 5.59. The van der Waals surface area contributed by atoms with Gasteiger partial charge in [0.05, 0.1) is 4.87 Å². The minimum atomic E-state index is 0.476. The van der Waals surface area contributed by atoms with Crippen LogP contribution < -0.4 is 5.32 Å². The molecule has 1 nitrogen and oxygen atoms in total. The van der Waals surface area contributed by atoms with Gasteiger partial charge in [-0.1, -0.05) is 26.2 Å². The molecule has 1 heterocycles. The molecule has 1 aliphatic carbocycles. The molecule has 1 aliphatic heterocycles. The molecular weight excluding hydrogens is 190 g/mol. The minimum absolute atomic E-state index is 0.476. The molecule has 14 heavy (non-hydrogen) atoms. The lowest BCUT2D eigenvalue weighted by Gasteiger charge is -2.27. The van der Waals surface area contributed by atoms with Crippen molar-refractivity contribution >= 4 is 11.8 Å². The molecule has 0 amide bonds. The van der Waals surface area contributed by atoms with E-state index in [1.807, 2.05) is 0 Å². The van der Waals surface area contributed by atoms with Gasteiger partial charge in [0.25, 0.3) is 0 Å². The summed E-state index contributed by atoms with van der Waals surface area (Å²) in [6, 6.07) is 0.734. The first-order valence-electron chi connectivity index (χ1n) is 6.16. The fraction of sp³-hybridized carbons (Fsp3) is 1.00. The van der Waals surface area contributed by atoms with Crippen LogP contribution in [0.5, 0.6) is 0 Å². The fourth-order valence-electron chi connectivity index (χ4n) is 2.90. The molecular formula is C12H23NS. The number of nitrogens with one attached hydrogen (secondary N) is 1. The molecule has 0 radical (unpaired) electrons. The van der Waals surface area contributed by atoms with Crippen molar-refractivity contribution in [3.05, 3.63) is 0 Å². The van der Waals surface area contributed by atoms with Gasteiger partial charge >= 0.3 is 0 Å². The highest BCUT2D eigenvalue weighted by atomic mass is 32.2. The molecule has 2 aliphatic rings. The summed E-state index contributed by atoms with van der Waals surface area (Å²) in [7, 11) is 0. The standard InChI is InChI=1S/C12H23NS/c1-3-11-5-4-7-12(8-6-11)13-10(2)9-14-12/h10-11,13H,3-9H2,1-2H3. The van der Waals surface area contributed by atoms with E-state index in [2.05, 4.69) is 30.9 Å². The molecule has 2 fully saturated rings. The molecule has 1 spiro atoms. The highest BCUT2D eigenvalue weighted by Gasteiger charge is 2.38. The second-order valence-electron chi connectivity index (χ2n) is 5.06. The molecule has 1 saturated carbocycles. The summed E-state index contributed by atoms with van der Waals surface area (Å²) in [4.78, 5) is 0.476. The zero-order valence-corrected chi connectivity index (χ0v) is 10.3. The van der Waals surface area contributed by atoms with E-state index in [4.69, 9.17) is 0 Å². The van der Waals surface area contributed by atoms with Crippen molar-refractivity contribution in [2.24, 2.45) is 5.92 Å². The number of hydrogen-bond donors (Lipinski definition) is 1. The van der Waals surface area contributed by atoms with Crippen molar-refractivity contribution in [2.45, 2.75) is 63.3 Å². The molecule has 0 aromatic carbocycles. The third-order valence-electron chi connectivity index (χ3n) is 3.85. The van der Waals surface area contributed by atoms with Gasteiger partial charge in [0.2, 0.25) is 0 Å². The van der Waals surface area contributed by atoms with E-state index in [0.717, 1.165) is 12.0 Å². The van der Waals surface area contributed by atoms with Crippen LogP contribution >= 0.6 is 11.8 Å². The van der Waals surface area contributed by atoms with Crippen LogP contribution in [0, 0.1) is 5.92 Å². The van der Waals surface area contributed by atoms with E-state index < -0.39 is 0 Å². The van der Waals surface area contributed by atoms with Gasteiger partial charge in [0.15, 0.2) is 0 Å². The Hall–Kier alpha value is 0.310. The van der Waals surface area contributed by atoms with Gasteiger partial charge in [-0.05, 0) is 32.1 Å². The van der Waals surface area contributed by atoms with Gasteiger partial charge in [-0.25, -0.2) is 0 Å². The molecule has 2 rings (SSSR count). The predicted octanol–water partition coefficient (Wildman–Crippen LogP) is 3.40. The Bertz CT molecular complexity index is 195. The topological polar surface area (TPSA) is 12.0 Å². The van der Waals surface area contributed by atoms with Crippen LogP contribution in [-0.2, 0) is 0 Å². The summed E-state index contributed by atoms with van der Waals surface area (Å²) in [6.07, 6.45) is 8.54. The Morgan fingerprint density at radius 3 is 2.86 bits per heavy atom. The molecule has 1 saturated heterocycles. The Kier molecular flexibility index (Phi) is 3.43. The molecule has 82 valence electrons. The molecule has 0 aromatic heterocycles. The Balaban J connectivity index is 1.94. The van der Waals surface area contributed by atoms with E-state index in [1.54, 1.807) is 0 Å².